The van der Waals surface area contributed by atoms with E-state index in [1.165, 1.54) is 7.11 Å². The molecule has 6 heteroatoms. The van der Waals surface area contributed by atoms with Gasteiger partial charge in [-0.3, -0.25) is 14.6 Å². The van der Waals surface area contributed by atoms with Crippen molar-refractivity contribution in [2.75, 3.05) is 7.11 Å². The first kappa shape index (κ1) is 18.4. The highest BCUT2D eigenvalue weighted by molar-refractivity contribution is 5.80. The number of carbonyl (C=O) groups excluding carboxylic acids is 1. The van der Waals surface area contributed by atoms with E-state index in [9.17, 15) is 14.7 Å². The van der Waals surface area contributed by atoms with Gasteiger partial charge in [-0.1, -0.05) is 18.2 Å². The van der Waals surface area contributed by atoms with Gasteiger partial charge in [0, 0.05) is 11.9 Å². The van der Waals surface area contributed by atoms with Crippen LogP contribution in [0.3, 0.4) is 0 Å². The van der Waals surface area contributed by atoms with Crippen molar-refractivity contribution >= 4 is 11.9 Å². The van der Waals surface area contributed by atoms with Crippen LogP contribution in [0.25, 0.3) is 0 Å². The molecule has 0 aliphatic heterocycles. The molecule has 1 unspecified atom stereocenters. The van der Waals surface area contributed by atoms with E-state index in [0.717, 1.165) is 11.3 Å². The van der Waals surface area contributed by atoms with Gasteiger partial charge < -0.3 is 15.2 Å². The average molecular weight is 342 g/mol. The summed E-state index contributed by atoms with van der Waals surface area (Å²) in [5, 5.41) is 12.1. The molecule has 0 bridgehead atoms. The second-order valence-corrected chi connectivity index (χ2v) is 6.17. The molecule has 2 aromatic rings. The molecule has 6 nitrogen and oxygen atoms in total. The van der Waals surface area contributed by atoms with Gasteiger partial charge in [0.2, 0.25) is 5.91 Å². The number of aliphatic carboxylic acids is 1. The summed E-state index contributed by atoms with van der Waals surface area (Å²) in [6.07, 6.45) is 1.54. The van der Waals surface area contributed by atoms with Gasteiger partial charge in [-0.15, -0.1) is 0 Å². The molecule has 2 rings (SSSR count). The zero-order chi connectivity index (χ0) is 18.4. The third-order valence-electron chi connectivity index (χ3n) is 3.96. The molecule has 2 N–H and O–H groups in total. The van der Waals surface area contributed by atoms with Crippen LogP contribution in [0.1, 0.15) is 30.2 Å². The van der Waals surface area contributed by atoms with Crippen molar-refractivity contribution in [3.8, 4) is 5.75 Å². The highest BCUT2D eigenvalue weighted by Gasteiger charge is 2.31. The smallest absolute Gasteiger partial charge is 0.306 e. The molecule has 25 heavy (non-hydrogen) atoms. The third kappa shape index (κ3) is 5.04. The second kappa shape index (κ2) is 7.79. The molecule has 0 saturated carbocycles. The molecule has 0 radical (unpaired) electrons. The molecule has 1 heterocycles. The number of hydrogen-bond acceptors (Lipinski definition) is 4. The number of carbonyl (C=O) groups is 2. The Bertz CT molecular complexity index is 758. The molecular weight excluding hydrogens is 320 g/mol. The van der Waals surface area contributed by atoms with Gasteiger partial charge in [0.15, 0.2) is 0 Å². The van der Waals surface area contributed by atoms with E-state index in [-0.39, 0.29) is 18.7 Å². The fourth-order valence-corrected chi connectivity index (χ4v) is 2.63. The SMILES string of the molecule is COc1cccc(C(C)(CC(=O)O)NC(=O)Cc2ccc(C)nc2)c1. The number of aryl methyl sites for hydroxylation is 1. The summed E-state index contributed by atoms with van der Waals surface area (Å²) in [5.74, 6) is -0.661. The van der Waals surface area contributed by atoms with E-state index in [1.807, 2.05) is 19.1 Å². The van der Waals surface area contributed by atoms with Crippen molar-refractivity contribution in [1.82, 2.24) is 10.3 Å². The van der Waals surface area contributed by atoms with Gasteiger partial charge in [-0.05, 0) is 43.2 Å². The molecule has 0 saturated heterocycles. The quantitative estimate of drug-likeness (QED) is 0.807. The number of amides is 1. The van der Waals surface area contributed by atoms with Crippen molar-refractivity contribution in [1.29, 1.82) is 0 Å². The van der Waals surface area contributed by atoms with Crippen LogP contribution in [0.4, 0.5) is 0 Å². The summed E-state index contributed by atoms with van der Waals surface area (Å²) in [6, 6.07) is 10.7. The van der Waals surface area contributed by atoms with E-state index in [1.54, 1.807) is 37.4 Å². The average Bonchev–Trinajstić information content (AvgIpc) is 2.56. The van der Waals surface area contributed by atoms with Crippen LogP contribution < -0.4 is 10.1 Å². The number of ether oxygens (including phenoxy) is 1. The predicted octanol–water partition coefficient (Wildman–Crippen LogP) is 2.45. The molecule has 0 aliphatic carbocycles. The van der Waals surface area contributed by atoms with Gasteiger partial charge >= 0.3 is 5.97 Å². The van der Waals surface area contributed by atoms with Crippen LogP contribution >= 0.6 is 0 Å². The number of pyridine rings is 1. The van der Waals surface area contributed by atoms with Gasteiger partial charge in [0.1, 0.15) is 5.75 Å². The van der Waals surface area contributed by atoms with Gasteiger partial charge in [-0.25, -0.2) is 0 Å². The van der Waals surface area contributed by atoms with Crippen LogP contribution in [0.5, 0.6) is 5.75 Å². The first-order chi connectivity index (χ1) is 11.8. The number of nitrogens with zero attached hydrogens (tertiary/aromatic N) is 1. The van der Waals surface area contributed by atoms with Gasteiger partial charge in [-0.2, -0.15) is 0 Å². The Hall–Kier alpha value is -2.89. The highest BCUT2D eigenvalue weighted by Crippen LogP contribution is 2.28. The summed E-state index contributed by atoms with van der Waals surface area (Å²) in [4.78, 5) is 28.0. The molecule has 0 spiro atoms. The normalized spacial score (nSPS) is 12.9. The topological polar surface area (TPSA) is 88.5 Å². The molecular formula is C19H22N2O4. The van der Waals surface area contributed by atoms with Crippen LogP contribution in [-0.4, -0.2) is 29.1 Å². The van der Waals surface area contributed by atoms with Crippen molar-refractivity contribution < 1.29 is 19.4 Å². The van der Waals surface area contributed by atoms with E-state index < -0.39 is 11.5 Å². The highest BCUT2D eigenvalue weighted by atomic mass is 16.5. The monoisotopic (exact) mass is 342 g/mol. The lowest BCUT2D eigenvalue weighted by atomic mass is 9.88. The van der Waals surface area contributed by atoms with Gasteiger partial charge in [0.05, 0.1) is 25.5 Å². The number of nitrogens with one attached hydrogen (secondary N) is 1. The summed E-state index contributed by atoms with van der Waals surface area (Å²) in [5.41, 5.74) is 1.27. The Morgan fingerprint density at radius 1 is 1.28 bits per heavy atom. The van der Waals surface area contributed by atoms with E-state index in [0.29, 0.717) is 11.3 Å². The van der Waals surface area contributed by atoms with E-state index in [4.69, 9.17) is 4.74 Å². The molecule has 1 atom stereocenters. The third-order valence-corrected chi connectivity index (χ3v) is 3.96. The predicted molar refractivity (Wildman–Crippen MR) is 93.4 cm³/mol. The molecule has 1 aromatic heterocycles. The number of aromatic nitrogens is 1. The number of rotatable bonds is 7. The fraction of sp³-hybridized carbons (Fsp3) is 0.316. The zero-order valence-electron chi connectivity index (χ0n) is 14.6. The maximum absolute atomic E-state index is 12.5. The van der Waals surface area contributed by atoms with E-state index in [2.05, 4.69) is 10.3 Å². The second-order valence-electron chi connectivity index (χ2n) is 6.17. The van der Waals surface area contributed by atoms with Crippen molar-refractivity contribution in [2.45, 2.75) is 32.2 Å². The Balaban J connectivity index is 2.22. The summed E-state index contributed by atoms with van der Waals surface area (Å²) >= 11 is 0. The number of carboxylic acids is 1. The molecule has 0 aliphatic rings. The molecule has 132 valence electrons. The molecule has 0 fully saturated rings. The largest absolute Gasteiger partial charge is 0.497 e. The fourth-order valence-electron chi connectivity index (χ4n) is 2.63. The van der Waals surface area contributed by atoms with Crippen LogP contribution in [0.15, 0.2) is 42.6 Å². The Labute approximate surface area is 146 Å². The first-order valence-corrected chi connectivity index (χ1v) is 7.91. The Morgan fingerprint density at radius 2 is 2.04 bits per heavy atom. The minimum absolute atomic E-state index is 0.131. The van der Waals surface area contributed by atoms with E-state index >= 15 is 0 Å². The Kier molecular flexibility index (Phi) is 5.75. The van der Waals surface area contributed by atoms with Crippen molar-refractivity contribution in [2.24, 2.45) is 0 Å². The molecule has 1 aromatic carbocycles. The summed E-state index contributed by atoms with van der Waals surface area (Å²) in [7, 11) is 1.54. The standard InChI is InChI=1S/C19H22N2O4/c1-13-7-8-14(12-20-13)9-17(22)21-19(2,11-18(23)24)15-5-4-6-16(10-15)25-3/h4-8,10,12H,9,11H2,1-3H3,(H,21,22)(H,23,24). The maximum atomic E-state index is 12.5. The lowest BCUT2D eigenvalue weighted by Crippen LogP contribution is -2.45. The minimum atomic E-state index is -1.05. The number of benzene rings is 1. The lowest BCUT2D eigenvalue weighted by molar-refractivity contribution is -0.139. The van der Waals surface area contributed by atoms with Crippen molar-refractivity contribution in [3.05, 3.63) is 59.4 Å². The number of carboxylic acid groups (broad SMARTS) is 1. The zero-order valence-corrected chi connectivity index (χ0v) is 14.6. The van der Waals surface area contributed by atoms with Crippen molar-refractivity contribution in [3.63, 3.8) is 0 Å². The summed E-state index contributed by atoms with van der Waals surface area (Å²) < 4.78 is 5.20. The maximum Gasteiger partial charge on any atom is 0.306 e. The summed E-state index contributed by atoms with van der Waals surface area (Å²) in [6.45, 7) is 3.57. The lowest BCUT2D eigenvalue weighted by Gasteiger charge is -2.30. The van der Waals surface area contributed by atoms with Crippen LogP contribution in [0.2, 0.25) is 0 Å². The minimum Gasteiger partial charge on any atom is -0.497 e. The first-order valence-electron chi connectivity index (χ1n) is 7.91. The van der Waals surface area contributed by atoms with Crippen LogP contribution in [-0.2, 0) is 21.5 Å². The molecule has 1 amide bonds. The Morgan fingerprint density at radius 3 is 2.64 bits per heavy atom. The number of methoxy groups -OCH3 is 1. The van der Waals surface area contributed by atoms with Crippen LogP contribution in [0, 0.1) is 6.92 Å². The van der Waals surface area contributed by atoms with Gasteiger partial charge in [0.25, 0.3) is 0 Å². The number of hydrogen-bond donors (Lipinski definition) is 2.